The molecule has 138 valence electrons. The Morgan fingerprint density at radius 1 is 1.26 bits per heavy atom. The number of anilines is 1. The molecule has 6 nitrogen and oxygen atoms in total. The van der Waals surface area contributed by atoms with Crippen LogP contribution in [0.3, 0.4) is 0 Å². The molecule has 0 radical (unpaired) electrons. The second-order valence-corrected chi connectivity index (χ2v) is 8.11. The number of ether oxygens (including phenoxy) is 2. The molecule has 0 atom stereocenters. The maximum atomic E-state index is 11.9. The molecule has 2 aromatic carbocycles. The normalized spacial score (nSPS) is 11.1. The van der Waals surface area contributed by atoms with Gasteiger partial charge in [0.2, 0.25) is 0 Å². The molecule has 0 aliphatic heterocycles. The SMILES string of the molecule is CC(C)(C)OC(=O)Nc1cc(Cl)cc(Oc2nc3cc(C#N)ccc3s2)c1. The van der Waals surface area contributed by atoms with Crippen LogP contribution in [-0.4, -0.2) is 16.7 Å². The van der Waals surface area contributed by atoms with Gasteiger partial charge in [0, 0.05) is 16.8 Å². The Hall–Kier alpha value is -2.82. The van der Waals surface area contributed by atoms with Crippen LogP contribution in [0, 0.1) is 11.3 Å². The van der Waals surface area contributed by atoms with E-state index < -0.39 is 11.7 Å². The monoisotopic (exact) mass is 401 g/mol. The second-order valence-electron chi connectivity index (χ2n) is 6.68. The van der Waals surface area contributed by atoms with Gasteiger partial charge in [-0.25, -0.2) is 9.78 Å². The van der Waals surface area contributed by atoms with Crippen molar-refractivity contribution >= 4 is 44.9 Å². The summed E-state index contributed by atoms with van der Waals surface area (Å²) < 4.78 is 11.9. The Morgan fingerprint density at radius 3 is 2.74 bits per heavy atom. The molecule has 0 saturated heterocycles. The fourth-order valence-electron chi connectivity index (χ4n) is 2.24. The quantitative estimate of drug-likeness (QED) is 0.585. The highest BCUT2D eigenvalue weighted by atomic mass is 35.5. The number of fused-ring (bicyclic) bond motifs is 1. The maximum Gasteiger partial charge on any atom is 0.412 e. The summed E-state index contributed by atoms with van der Waals surface area (Å²) in [5, 5.41) is 12.4. The summed E-state index contributed by atoms with van der Waals surface area (Å²) in [6, 6.07) is 12.2. The number of rotatable bonds is 3. The number of halogens is 1. The number of hydrogen-bond acceptors (Lipinski definition) is 6. The molecule has 0 spiro atoms. The molecule has 0 fully saturated rings. The van der Waals surface area contributed by atoms with Crippen molar-refractivity contribution in [3.05, 3.63) is 47.0 Å². The van der Waals surface area contributed by atoms with Gasteiger partial charge in [-0.2, -0.15) is 5.26 Å². The first-order valence-electron chi connectivity index (χ1n) is 8.01. The fourth-order valence-corrected chi connectivity index (χ4v) is 3.28. The minimum atomic E-state index is -0.606. The highest BCUT2D eigenvalue weighted by Crippen LogP contribution is 2.34. The second kappa shape index (κ2) is 7.43. The molecule has 1 aromatic heterocycles. The van der Waals surface area contributed by atoms with E-state index in [0.717, 1.165) is 4.70 Å². The molecule has 0 unspecified atom stereocenters. The number of nitriles is 1. The van der Waals surface area contributed by atoms with E-state index in [-0.39, 0.29) is 0 Å². The zero-order valence-electron chi connectivity index (χ0n) is 14.9. The minimum Gasteiger partial charge on any atom is -0.444 e. The van der Waals surface area contributed by atoms with E-state index >= 15 is 0 Å². The molecule has 1 heterocycles. The van der Waals surface area contributed by atoms with Gasteiger partial charge in [0.1, 0.15) is 11.4 Å². The van der Waals surface area contributed by atoms with Gasteiger partial charge >= 0.3 is 6.09 Å². The van der Waals surface area contributed by atoms with Crippen LogP contribution in [-0.2, 0) is 4.74 Å². The molecule has 0 aliphatic rings. The first-order valence-corrected chi connectivity index (χ1v) is 9.20. The van der Waals surface area contributed by atoms with Crippen LogP contribution in [0.1, 0.15) is 26.3 Å². The molecule has 0 aliphatic carbocycles. The Morgan fingerprint density at radius 2 is 2.04 bits per heavy atom. The van der Waals surface area contributed by atoms with Crippen LogP contribution in [0.5, 0.6) is 10.9 Å². The van der Waals surface area contributed by atoms with Gasteiger partial charge in [0.15, 0.2) is 0 Å². The summed E-state index contributed by atoms with van der Waals surface area (Å²) >= 11 is 7.47. The number of nitrogens with one attached hydrogen (secondary N) is 1. The summed E-state index contributed by atoms with van der Waals surface area (Å²) in [4.78, 5) is 16.3. The van der Waals surface area contributed by atoms with Crippen LogP contribution < -0.4 is 10.1 Å². The molecule has 1 amide bonds. The van der Waals surface area contributed by atoms with E-state index in [1.54, 1.807) is 51.1 Å². The molecule has 0 saturated carbocycles. The van der Waals surface area contributed by atoms with Crippen LogP contribution >= 0.6 is 22.9 Å². The zero-order valence-corrected chi connectivity index (χ0v) is 16.4. The Bertz CT molecular complexity index is 1050. The lowest BCUT2D eigenvalue weighted by molar-refractivity contribution is 0.0636. The number of amides is 1. The molecule has 8 heteroatoms. The number of benzene rings is 2. The third kappa shape index (κ3) is 5.09. The van der Waals surface area contributed by atoms with Gasteiger partial charge in [0.25, 0.3) is 5.19 Å². The van der Waals surface area contributed by atoms with Crippen molar-refractivity contribution in [2.45, 2.75) is 26.4 Å². The molecule has 3 rings (SSSR count). The topological polar surface area (TPSA) is 84.2 Å². The molecular formula is C19H16ClN3O3S. The van der Waals surface area contributed by atoms with Crippen molar-refractivity contribution in [3.63, 3.8) is 0 Å². The number of carbonyl (C=O) groups excluding carboxylic acids is 1. The molecule has 3 aromatic rings. The van der Waals surface area contributed by atoms with E-state index in [9.17, 15) is 4.79 Å². The lowest BCUT2D eigenvalue weighted by Gasteiger charge is -2.19. The molecule has 1 N–H and O–H groups in total. The van der Waals surface area contributed by atoms with Crippen LogP contribution in [0.25, 0.3) is 10.2 Å². The van der Waals surface area contributed by atoms with Crippen molar-refractivity contribution < 1.29 is 14.3 Å². The number of nitrogens with zero attached hydrogens (tertiary/aromatic N) is 2. The van der Waals surface area contributed by atoms with Gasteiger partial charge in [-0.05, 0) is 51.1 Å². The van der Waals surface area contributed by atoms with E-state index in [4.69, 9.17) is 26.3 Å². The van der Waals surface area contributed by atoms with Crippen molar-refractivity contribution in [3.8, 4) is 17.0 Å². The van der Waals surface area contributed by atoms with E-state index in [0.29, 0.717) is 32.7 Å². The molecule has 27 heavy (non-hydrogen) atoms. The smallest absolute Gasteiger partial charge is 0.412 e. The number of thiazole rings is 1. The van der Waals surface area contributed by atoms with Crippen LogP contribution in [0.4, 0.5) is 10.5 Å². The highest BCUT2D eigenvalue weighted by Gasteiger charge is 2.17. The Balaban J connectivity index is 1.80. The fraction of sp³-hybridized carbons (Fsp3) is 0.211. The van der Waals surface area contributed by atoms with E-state index in [1.807, 2.05) is 6.07 Å². The third-order valence-corrected chi connectivity index (χ3v) is 4.35. The van der Waals surface area contributed by atoms with E-state index in [2.05, 4.69) is 16.4 Å². The number of aromatic nitrogens is 1. The largest absolute Gasteiger partial charge is 0.444 e. The maximum absolute atomic E-state index is 11.9. The third-order valence-electron chi connectivity index (χ3n) is 3.22. The van der Waals surface area contributed by atoms with Gasteiger partial charge in [-0.3, -0.25) is 5.32 Å². The molecular weight excluding hydrogens is 386 g/mol. The predicted octanol–water partition coefficient (Wildman–Crippen LogP) is 5.96. The highest BCUT2D eigenvalue weighted by molar-refractivity contribution is 7.20. The molecule has 0 bridgehead atoms. The average molecular weight is 402 g/mol. The minimum absolute atomic E-state index is 0.395. The standard InChI is InChI=1S/C19H16ClN3O3S/c1-19(2,3)26-17(24)22-13-7-12(20)8-14(9-13)25-18-23-15-6-11(10-21)4-5-16(15)27-18/h4-9H,1-3H3,(H,22,24). The van der Waals surface area contributed by atoms with Gasteiger partial charge in [-0.15, -0.1) is 0 Å². The summed E-state index contributed by atoms with van der Waals surface area (Å²) in [6.45, 7) is 5.35. The van der Waals surface area contributed by atoms with Crippen molar-refractivity contribution in [1.29, 1.82) is 5.26 Å². The average Bonchev–Trinajstić information content (AvgIpc) is 2.93. The summed E-state index contributed by atoms with van der Waals surface area (Å²) in [7, 11) is 0. The number of carbonyl (C=O) groups is 1. The van der Waals surface area contributed by atoms with Gasteiger partial charge in [0.05, 0.1) is 21.8 Å². The first kappa shape index (κ1) is 19.0. The Kier molecular flexibility index (Phi) is 5.22. The van der Waals surface area contributed by atoms with E-state index in [1.165, 1.54) is 11.3 Å². The van der Waals surface area contributed by atoms with Crippen molar-refractivity contribution in [1.82, 2.24) is 4.98 Å². The lowest BCUT2D eigenvalue weighted by atomic mass is 10.2. The predicted molar refractivity (Wildman–Crippen MR) is 106 cm³/mol. The number of hydrogen-bond donors (Lipinski definition) is 1. The van der Waals surface area contributed by atoms with Gasteiger partial charge < -0.3 is 9.47 Å². The lowest BCUT2D eigenvalue weighted by Crippen LogP contribution is -2.27. The van der Waals surface area contributed by atoms with Crippen LogP contribution in [0.2, 0.25) is 5.02 Å². The summed E-state index contributed by atoms with van der Waals surface area (Å²) in [5.74, 6) is 0.424. The van der Waals surface area contributed by atoms with Crippen molar-refractivity contribution in [2.24, 2.45) is 0 Å². The van der Waals surface area contributed by atoms with Gasteiger partial charge in [-0.1, -0.05) is 22.9 Å². The van der Waals surface area contributed by atoms with Crippen LogP contribution in [0.15, 0.2) is 36.4 Å². The summed E-state index contributed by atoms with van der Waals surface area (Å²) in [6.07, 6.45) is -0.584. The zero-order chi connectivity index (χ0) is 19.6. The first-order chi connectivity index (χ1) is 12.7. The van der Waals surface area contributed by atoms with Crippen molar-refractivity contribution in [2.75, 3.05) is 5.32 Å². The Labute approximate surface area is 165 Å². The summed E-state index contributed by atoms with van der Waals surface area (Å²) in [5.41, 5.74) is 1.06.